The minimum Gasteiger partial charge on any atom is -0.346 e. The highest BCUT2D eigenvalue weighted by Gasteiger charge is 2.07. The van der Waals surface area contributed by atoms with Crippen molar-refractivity contribution in [2.24, 2.45) is 0 Å². The summed E-state index contributed by atoms with van der Waals surface area (Å²) in [6.45, 7) is 1.85. The van der Waals surface area contributed by atoms with Gasteiger partial charge in [-0.05, 0) is 48.4 Å². The molecule has 1 amide bonds. The first-order chi connectivity index (χ1) is 10.0. The Morgan fingerprint density at radius 1 is 1.14 bits per heavy atom. The third kappa shape index (κ3) is 4.72. The molecule has 0 aliphatic heterocycles. The van der Waals surface area contributed by atoms with E-state index in [1.807, 2.05) is 19.1 Å². The molecule has 2 aromatic carbocycles. The molecule has 2 nitrogen and oxygen atoms in total. The van der Waals surface area contributed by atoms with Crippen molar-refractivity contribution in [3.8, 4) is 0 Å². The zero-order chi connectivity index (χ0) is 15.2. The number of hydrogen-bond acceptors (Lipinski definition) is 1. The van der Waals surface area contributed by atoms with E-state index in [1.54, 1.807) is 30.3 Å². The molecule has 21 heavy (non-hydrogen) atoms. The third-order valence-corrected chi connectivity index (χ3v) is 3.28. The van der Waals surface area contributed by atoms with Gasteiger partial charge >= 0.3 is 0 Å². The normalized spacial score (nSPS) is 12.3. The van der Waals surface area contributed by atoms with Gasteiger partial charge in [0.2, 0.25) is 5.91 Å². The van der Waals surface area contributed by atoms with E-state index in [-0.39, 0.29) is 17.8 Å². The van der Waals surface area contributed by atoms with Gasteiger partial charge in [0.25, 0.3) is 0 Å². The molecule has 0 aromatic heterocycles. The van der Waals surface area contributed by atoms with Crippen LogP contribution in [-0.4, -0.2) is 5.91 Å². The average molecular weight is 304 g/mol. The molecule has 4 heteroatoms. The maximum absolute atomic E-state index is 12.8. The minimum atomic E-state index is -0.292. The van der Waals surface area contributed by atoms with Gasteiger partial charge in [0, 0.05) is 11.1 Å². The molecule has 0 radical (unpaired) electrons. The van der Waals surface area contributed by atoms with Crippen molar-refractivity contribution in [1.82, 2.24) is 5.32 Å². The first kappa shape index (κ1) is 15.3. The summed E-state index contributed by atoms with van der Waals surface area (Å²) in [6.07, 6.45) is 3.17. The highest BCUT2D eigenvalue weighted by atomic mass is 35.5. The molecule has 1 N–H and O–H groups in total. The molecule has 0 fully saturated rings. The summed E-state index contributed by atoms with van der Waals surface area (Å²) < 4.78 is 12.8. The lowest BCUT2D eigenvalue weighted by atomic mass is 10.1. The topological polar surface area (TPSA) is 29.1 Å². The Morgan fingerprint density at radius 2 is 1.76 bits per heavy atom. The van der Waals surface area contributed by atoms with E-state index in [4.69, 9.17) is 11.6 Å². The summed E-state index contributed by atoms with van der Waals surface area (Å²) in [7, 11) is 0. The van der Waals surface area contributed by atoms with Crippen LogP contribution in [0.3, 0.4) is 0 Å². The highest BCUT2D eigenvalue weighted by molar-refractivity contribution is 6.30. The molecule has 0 heterocycles. The number of benzene rings is 2. The lowest BCUT2D eigenvalue weighted by Crippen LogP contribution is -2.24. The second kappa shape index (κ2) is 7.04. The lowest BCUT2D eigenvalue weighted by Gasteiger charge is -2.12. The number of rotatable bonds is 4. The van der Waals surface area contributed by atoms with E-state index in [1.165, 1.54) is 18.2 Å². The van der Waals surface area contributed by atoms with Gasteiger partial charge in [-0.25, -0.2) is 4.39 Å². The van der Waals surface area contributed by atoms with Crippen LogP contribution < -0.4 is 5.32 Å². The van der Waals surface area contributed by atoms with Crippen molar-refractivity contribution in [2.45, 2.75) is 13.0 Å². The van der Waals surface area contributed by atoms with Gasteiger partial charge in [0.1, 0.15) is 5.82 Å². The zero-order valence-electron chi connectivity index (χ0n) is 11.5. The van der Waals surface area contributed by atoms with Crippen molar-refractivity contribution >= 4 is 23.6 Å². The minimum absolute atomic E-state index is 0.187. The number of halogens is 2. The second-order valence-corrected chi connectivity index (χ2v) is 5.10. The number of carbonyl (C=O) groups excluding carboxylic acids is 1. The summed E-state index contributed by atoms with van der Waals surface area (Å²) in [5.74, 6) is -0.498. The molecule has 0 aliphatic carbocycles. The van der Waals surface area contributed by atoms with Gasteiger partial charge in [0.05, 0.1) is 6.04 Å². The van der Waals surface area contributed by atoms with Crippen LogP contribution in [0, 0.1) is 5.82 Å². The fourth-order valence-electron chi connectivity index (χ4n) is 1.84. The summed E-state index contributed by atoms with van der Waals surface area (Å²) in [5, 5.41) is 3.48. The maximum atomic E-state index is 12.8. The molecule has 0 bridgehead atoms. The van der Waals surface area contributed by atoms with E-state index < -0.39 is 0 Å². The van der Waals surface area contributed by atoms with Crippen LogP contribution in [0.4, 0.5) is 4.39 Å². The van der Waals surface area contributed by atoms with Crippen LogP contribution in [-0.2, 0) is 4.79 Å². The van der Waals surface area contributed by atoms with Crippen LogP contribution in [0.2, 0.25) is 5.02 Å². The molecule has 2 rings (SSSR count). The Morgan fingerprint density at radius 3 is 2.38 bits per heavy atom. The summed E-state index contributed by atoms with van der Waals surface area (Å²) in [6, 6.07) is 13.1. The second-order valence-electron chi connectivity index (χ2n) is 4.67. The Bertz CT molecular complexity index is 635. The molecule has 0 saturated carbocycles. The standard InChI is InChI=1S/C17H15ClFNO/c1-12(14-5-9-16(19)10-6-14)20-17(21)11-4-13-2-7-15(18)8-3-13/h2-12H,1H3,(H,20,21)/b11-4+/t12-/m0/s1. The van der Waals surface area contributed by atoms with Crippen LogP contribution in [0.15, 0.2) is 54.6 Å². The van der Waals surface area contributed by atoms with E-state index in [2.05, 4.69) is 5.32 Å². The number of carbonyl (C=O) groups is 1. The van der Waals surface area contributed by atoms with Crippen molar-refractivity contribution in [3.05, 3.63) is 76.6 Å². The van der Waals surface area contributed by atoms with Gasteiger partial charge < -0.3 is 5.32 Å². The monoisotopic (exact) mass is 303 g/mol. The Kier molecular flexibility index (Phi) is 5.12. The van der Waals surface area contributed by atoms with Gasteiger partial charge in [-0.1, -0.05) is 35.9 Å². The van der Waals surface area contributed by atoms with Gasteiger partial charge in [-0.15, -0.1) is 0 Å². The third-order valence-electron chi connectivity index (χ3n) is 3.03. The van der Waals surface area contributed by atoms with Gasteiger partial charge in [-0.3, -0.25) is 4.79 Å². The summed E-state index contributed by atoms with van der Waals surface area (Å²) >= 11 is 5.79. The number of nitrogens with one attached hydrogen (secondary N) is 1. The first-order valence-electron chi connectivity index (χ1n) is 6.54. The first-order valence-corrected chi connectivity index (χ1v) is 6.92. The van der Waals surface area contributed by atoms with Crippen molar-refractivity contribution < 1.29 is 9.18 Å². The summed E-state index contributed by atoms with van der Waals surface area (Å²) in [5.41, 5.74) is 1.74. The predicted octanol–water partition coefficient (Wildman–Crippen LogP) is 4.37. The fraction of sp³-hybridized carbons (Fsp3) is 0.118. The molecule has 2 aromatic rings. The Hall–Kier alpha value is -2.13. The number of hydrogen-bond donors (Lipinski definition) is 1. The molecule has 0 saturated heterocycles. The molecule has 0 aliphatic rings. The molecule has 0 spiro atoms. The van der Waals surface area contributed by atoms with Crippen LogP contribution in [0.5, 0.6) is 0 Å². The van der Waals surface area contributed by atoms with E-state index in [0.717, 1.165) is 11.1 Å². The predicted molar refractivity (Wildman–Crippen MR) is 83.4 cm³/mol. The zero-order valence-corrected chi connectivity index (χ0v) is 12.3. The van der Waals surface area contributed by atoms with Crippen LogP contribution in [0.25, 0.3) is 6.08 Å². The van der Waals surface area contributed by atoms with E-state index >= 15 is 0 Å². The quantitative estimate of drug-likeness (QED) is 0.835. The largest absolute Gasteiger partial charge is 0.346 e. The fourth-order valence-corrected chi connectivity index (χ4v) is 1.97. The van der Waals surface area contributed by atoms with Gasteiger partial charge in [0.15, 0.2) is 0 Å². The number of amides is 1. The molecule has 0 unspecified atom stereocenters. The van der Waals surface area contributed by atoms with E-state index in [0.29, 0.717) is 5.02 Å². The van der Waals surface area contributed by atoms with Crippen LogP contribution >= 0.6 is 11.6 Å². The molecular formula is C17H15ClFNO. The van der Waals surface area contributed by atoms with E-state index in [9.17, 15) is 9.18 Å². The van der Waals surface area contributed by atoms with Crippen molar-refractivity contribution in [2.75, 3.05) is 0 Å². The molecule has 1 atom stereocenters. The SMILES string of the molecule is C[C@H](NC(=O)/C=C/c1ccc(Cl)cc1)c1ccc(F)cc1. The molecule has 108 valence electrons. The van der Waals surface area contributed by atoms with Gasteiger partial charge in [-0.2, -0.15) is 0 Å². The van der Waals surface area contributed by atoms with Crippen LogP contribution in [0.1, 0.15) is 24.1 Å². The Balaban J connectivity index is 1.94. The maximum Gasteiger partial charge on any atom is 0.244 e. The summed E-state index contributed by atoms with van der Waals surface area (Å²) in [4.78, 5) is 11.8. The Labute approximate surface area is 128 Å². The van der Waals surface area contributed by atoms with Crippen molar-refractivity contribution in [3.63, 3.8) is 0 Å². The molecular weight excluding hydrogens is 289 g/mol. The highest BCUT2D eigenvalue weighted by Crippen LogP contribution is 2.13. The van der Waals surface area contributed by atoms with Crippen molar-refractivity contribution in [1.29, 1.82) is 0 Å². The lowest BCUT2D eigenvalue weighted by molar-refractivity contribution is -0.117. The smallest absolute Gasteiger partial charge is 0.244 e. The average Bonchev–Trinajstić information content (AvgIpc) is 2.47.